The smallest absolute Gasteiger partial charge is 0.268 e. The topological polar surface area (TPSA) is 61.9 Å². The molecule has 0 aromatic heterocycles. The number of rotatable bonds is 8. The summed E-state index contributed by atoms with van der Waals surface area (Å²) in [4.78, 5) is 29.3. The summed E-state index contributed by atoms with van der Waals surface area (Å²) in [6.07, 6.45) is 3.58. The van der Waals surface area contributed by atoms with Gasteiger partial charge >= 0.3 is 0 Å². The number of anilines is 1. The second-order valence-electron chi connectivity index (χ2n) is 8.73. The molecule has 1 fully saturated rings. The van der Waals surface area contributed by atoms with E-state index in [1.807, 2.05) is 31.2 Å². The quantitative estimate of drug-likeness (QED) is 0.691. The molecule has 1 saturated heterocycles. The maximum atomic E-state index is 12.8. The van der Waals surface area contributed by atoms with Crippen LogP contribution in [-0.2, 0) is 16.0 Å². The molecule has 6 heteroatoms. The fourth-order valence-corrected chi connectivity index (χ4v) is 4.61. The molecule has 6 nitrogen and oxygen atoms in total. The Kier molecular flexibility index (Phi) is 7.43. The van der Waals surface area contributed by atoms with Gasteiger partial charge in [0.1, 0.15) is 12.3 Å². The summed E-state index contributed by atoms with van der Waals surface area (Å²) < 4.78 is 5.78. The number of likely N-dealkylation sites (tertiary alicyclic amines) is 1. The Hall–Kier alpha value is -2.86. The van der Waals surface area contributed by atoms with Gasteiger partial charge in [-0.1, -0.05) is 49.4 Å². The molecule has 2 aliphatic heterocycles. The molecule has 0 aliphatic carbocycles. The van der Waals surface area contributed by atoms with Gasteiger partial charge in [0, 0.05) is 13.1 Å². The third-order valence-corrected chi connectivity index (χ3v) is 6.46. The lowest BCUT2D eigenvalue weighted by atomic mass is 9.90. The summed E-state index contributed by atoms with van der Waals surface area (Å²) in [6.45, 7) is 5.52. The number of nitrogens with one attached hydrogen (secondary N) is 1. The van der Waals surface area contributed by atoms with E-state index in [-0.39, 0.29) is 18.4 Å². The standard InChI is InChI=1S/C26H33N3O3/c1-2-23-26(31)29(22-10-6-7-11-24(22)32-23)19-25(30)27-14-17-28-15-12-21(13-16-28)18-20-8-4-3-5-9-20/h3-11,21,23H,2,12-19H2,1H3,(H,27,30)/t23-/m0/s1. The molecule has 2 aromatic carbocycles. The lowest BCUT2D eigenvalue weighted by molar-refractivity contribution is -0.129. The second kappa shape index (κ2) is 10.6. The number of benzene rings is 2. The van der Waals surface area contributed by atoms with E-state index in [0.29, 0.717) is 24.4 Å². The van der Waals surface area contributed by atoms with E-state index in [1.165, 1.54) is 18.4 Å². The molecule has 2 heterocycles. The van der Waals surface area contributed by atoms with E-state index in [0.717, 1.165) is 32.0 Å². The van der Waals surface area contributed by atoms with Crippen LogP contribution in [0.4, 0.5) is 5.69 Å². The van der Waals surface area contributed by atoms with E-state index in [2.05, 4.69) is 40.5 Å². The Balaban J connectivity index is 1.21. The zero-order valence-corrected chi connectivity index (χ0v) is 18.8. The van der Waals surface area contributed by atoms with Gasteiger partial charge in [-0.3, -0.25) is 14.5 Å². The largest absolute Gasteiger partial charge is 0.478 e. The molecule has 0 radical (unpaired) electrons. The number of amides is 2. The highest BCUT2D eigenvalue weighted by molar-refractivity contribution is 6.03. The minimum Gasteiger partial charge on any atom is -0.478 e. The highest BCUT2D eigenvalue weighted by Crippen LogP contribution is 2.34. The van der Waals surface area contributed by atoms with E-state index in [4.69, 9.17) is 4.74 Å². The van der Waals surface area contributed by atoms with Crippen LogP contribution in [0.1, 0.15) is 31.7 Å². The zero-order chi connectivity index (χ0) is 22.3. The Bertz CT molecular complexity index is 910. The Morgan fingerprint density at radius 1 is 1.06 bits per heavy atom. The number of piperidine rings is 1. The zero-order valence-electron chi connectivity index (χ0n) is 18.8. The second-order valence-corrected chi connectivity index (χ2v) is 8.73. The molecule has 0 saturated carbocycles. The van der Waals surface area contributed by atoms with Crippen LogP contribution in [0.2, 0.25) is 0 Å². The van der Waals surface area contributed by atoms with Crippen molar-refractivity contribution in [2.45, 2.75) is 38.7 Å². The monoisotopic (exact) mass is 435 g/mol. The molecular weight excluding hydrogens is 402 g/mol. The van der Waals surface area contributed by atoms with Crippen LogP contribution in [-0.4, -0.2) is 55.5 Å². The predicted molar refractivity (Wildman–Crippen MR) is 126 cm³/mol. The number of para-hydroxylation sites is 2. The van der Waals surface area contributed by atoms with Crippen molar-refractivity contribution < 1.29 is 14.3 Å². The van der Waals surface area contributed by atoms with Gasteiger partial charge in [-0.15, -0.1) is 0 Å². The fraction of sp³-hybridized carbons (Fsp3) is 0.462. The van der Waals surface area contributed by atoms with E-state index in [1.54, 1.807) is 4.90 Å². The van der Waals surface area contributed by atoms with Crippen molar-refractivity contribution in [3.8, 4) is 5.75 Å². The number of carbonyl (C=O) groups is 2. The molecule has 0 unspecified atom stereocenters. The number of fused-ring (bicyclic) bond motifs is 1. The van der Waals surface area contributed by atoms with Crippen LogP contribution in [0.3, 0.4) is 0 Å². The van der Waals surface area contributed by atoms with Gasteiger partial charge in [-0.05, 0) is 62.4 Å². The van der Waals surface area contributed by atoms with E-state index in [9.17, 15) is 9.59 Å². The van der Waals surface area contributed by atoms with Crippen LogP contribution >= 0.6 is 0 Å². The van der Waals surface area contributed by atoms with Crippen molar-refractivity contribution in [3.05, 3.63) is 60.2 Å². The van der Waals surface area contributed by atoms with Crippen LogP contribution in [0.5, 0.6) is 5.75 Å². The third kappa shape index (κ3) is 5.49. The van der Waals surface area contributed by atoms with Crippen LogP contribution in [0, 0.1) is 5.92 Å². The van der Waals surface area contributed by atoms with Crippen molar-refractivity contribution in [2.24, 2.45) is 5.92 Å². The van der Waals surface area contributed by atoms with Gasteiger partial charge in [0.15, 0.2) is 6.10 Å². The van der Waals surface area contributed by atoms with E-state index >= 15 is 0 Å². The summed E-state index contributed by atoms with van der Waals surface area (Å²) >= 11 is 0. The molecule has 32 heavy (non-hydrogen) atoms. The molecule has 0 bridgehead atoms. The summed E-state index contributed by atoms with van der Waals surface area (Å²) in [5.41, 5.74) is 2.08. The van der Waals surface area contributed by atoms with Crippen molar-refractivity contribution in [2.75, 3.05) is 37.6 Å². The molecular formula is C26H33N3O3. The summed E-state index contributed by atoms with van der Waals surface area (Å²) in [5.74, 6) is 1.11. The van der Waals surface area contributed by atoms with Crippen LogP contribution in [0.25, 0.3) is 0 Å². The minimum atomic E-state index is -0.533. The lowest BCUT2D eigenvalue weighted by Crippen LogP contribution is -2.50. The maximum absolute atomic E-state index is 12.8. The molecule has 170 valence electrons. The Morgan fingerprint density at radius 3 is 2.53 bits per heavy atom. The third-order valence-electron chi connectivity index (χ3n) is 6.46. The van der Waals surface area contributed by atoms with Gasteiger partial charge in [0.2, 0.25) is 5.91 Å². The van der Waals surface area contributed by atoms with Crippen molar-refractivity contribution >= 4 is 17.5 Å². The number of carbonyl (C=O) groups excluding carboxylic acids is 2. The van der Waals surface area contributed by atoms with Crippen molar-refractivity contribution in [1.82, 2.24) is 10.2 Å². The summed E-state index contributed by atoms with van der Waals surface area (Å²) in [7, 11) is 0. The van der Waals surface area contributed by atoms with Crippen LogP contribution < -0.4 is 15.0 Å². The average Bonchev–Trinajstić information content (AvgIpc) is 2.82. The molecule has 2 aromatic rings. The average molecular weight is 436 g/mol. The number of hydrogen-bond donors (Lipinski definition) is 1. The molecule has 2 amide bonds. The normalized spacial score (nSPS) is 19.3. The first kappa shape index (κ1) is 22.3. The van der Waals surface area contributed by atoms with E-state index < -0.39 is 6.10 Å². The number of hydrogen-bond acceptors (Lipinski definition) is 4. The van der Waals surface area contributed by atoms with Crippen molar-refractivity contribution in [3.63, 3.8) is 0 Å². The van der Waals surface area contributed by atoms with Gasteiger partial charge in [0.05, 0.1) is 5.69 Å². The minimum absolute atomic E-state index is 0.0227. The summed E-state index contributed by atoms with van der Waals surface area (Å²) in [5, 5.41) is 3.00. The molecule has 0 spiro atoms. The van der Waals surface area contributed by atoms with Gasteiger partial charge in [0.25, 0.3) is 5.91 Å². The first-order valence-electron chi connectivity index (χ1n) is 11.7. The number of ether oxygens (including phenoxy) is 1. The first-order chi connectivity index (χ1) is 15.6. The first-order valence-corrected chi connectivity index (χ1v) is 11.7. The predicted octanol–water partition coefficient (Wildman–Crippen LogP) is 3.26. The molecule has 1 atom stereocenters. The maximum Gasteiger partial charge on any atom is 0.268 e. The SMILES string of the molecule is CC[C@@H]1Oc2ccccc2N(CC(=O)NCCN2CCC(Cc3ccccc3)CC2)C1=O. The fourth-order valence-electron chi connectivity index (χ4n) is 4.61. The van der Waals surface area contributed by atoms with Crippen LogP contribution in [0.15, 0.2) is 54.6 Å². The molecule has 4 rings (SSSR count). The Labute approximate surface area is 190 Å². The summed E-state index contributed by atoms with van der Waals surface area (Å²) in [6, 6.07) is 18.1. The highest BCUT2D eigenvalue weighted by Gasteiger charge is 2.34. The van der Waals surface area contributed by atoms with Gasteiger partial charge in [-0.25, -0.2) is 0 Å². The van der Waals surface area contributed by atoms with Gasteiger partial charge in [-0.2, -0.15) is 0 Å². The number of nitrogens with zero attached hydrogens (tertiary/aromatic N) is 2. The van der Waals surface area contributed by atoms with Crippen molar-refractivity contribution in [1.29, 1.82) is 0 Å². The Morgan fingerprint density at radius 2 is 1.78 bits per heavy atom. The highest BCUT2D eigenvalue weighted by atomic mass is 16.5. The van der Waals surface area contributed by atoms with Gasteiger partial charge < -0.3 is 15.0 Å². The lowest BCUT2D eigenvalue weighted by Gasteiger charge is -2.34. The molecule has 1 N–H and O–H groups in total. The molecule has 2 aliphatic rings.